The van der Waals surface area contributed by atoms with Crippen LogP contribution in [0.2, 0.25) is 0 Å². The van der Waals surface area contributed by atoms with Crippen molar-refractivity contribution in [2.24, 2.45) is 5.92 Å². The molecule has 108 valence electrons. The number of carboxylic acids is 1. The van der Waals surface area contributed by atoms with Gasteiger partial charge in [0, 0.05) is 31.6 Å². The number of amides is 1. The van der Waals surface area contributed by atoms with Crippen LogP contribution in [0.1, 0.15) is 32.1 Å². The maximum absolute atomic E-state index is 11.3. The molecule has 2 fully saturated rings. The summed E-state index contributed by atoms with van der Waals surface area (Å²) in [7, 11) is 1.34. The van der Waals surface area contributed by atoms with Gasteiger partial charge in [0.25, 0.3) is 0 Å². The third-order valence-electron chi connectivity index (χ3n) is 4.13. The average molecular weight is 270 g/mol. The van der Waals surface area contributed by atoms with Gasteiger partial charge in [-0.3, -0.25) is 9.69 Å². The Hall–Kier alpha value is -1.30. The number of carbonyl (C=O) groups excluding carboxylic acids is 1. The van der Waals surface area contributed by atoms with Gasteiger partial charge in [-0.05, 0) is 25.2 Å². The summed E-state index contributed by atoms with van der Waals surface area (Å²) in [6.07, 6.45) is 4.07. The van der Waals surface area contributed by atoms with Crippen molar-refractivity contribution in [3.63, 3.8) is 0 Å². The van der Waals surface area contributed by atoms with Gasteiger partial charge in [0.2, 0.25) is 0 Å². The average Bonchev–Trinajstić information content (AvgIpc) is 2.25. The van der Waals surface area contributed by atoms with Crippen molar-refractivity contribution in [2.75, 3.05) is 20.2 Å². The van der Waals surface area contributed by atoms with Crippen LogP contribution in [0.3, 0.4) is 0 Å². The number of nitrogens with zero attached hydrogens (tertiary/aromatic N) is 1. The van der Waals surface area contributed by atoms with Gasteiger partial charge >= 0.3 is 12.1 Å². The van der Waals surface area contributed by atoms with Crippen LogP contribution in [0.15, 0.2) is 0 Å². The Labute approximate surface area is 113 Å². The zero-order valence-electron chi connectivity index (χ0n) is 11.3. The minimum atomic E-state index is -0.766. The molecule has 2 N–H and O–H groups in total. The monoisotopic (exact) mass is 270 g/mol. The second kappa shape index (κ2) is 6.23. The number of methoxy groups -OCH3 is 1. The van der Waals surface area contributed by atoms with Crippen molar-refractivity contribution < 1.29 is 19.4 Å². The van der Waals surface area contributed by atoms with Crippen LogP contribution in [0, 0.1) is 5.92 Å². The Kier molecular flexibility index (Phi) is 4.63. The van der Waals surface area contributed by atoms with E-state index in [1.807, 2.05) is 0 Å². The number of piperidine rings is 1. The first-order valence-corrected chi connectivity index (χ1v) is 6.88. The molecular formula is C13H22N2O4. The van der Waals surface area contributed by atoms with Crippen LogP contribution < -0.4 is 5.32 Å². The Morgan fingerprint density at radius 1 is 1.37 bits per heavy atom. The number of alkyl carbamates (subject to hydrolysis) is 1. The molecule has 0 radical (unpaired) electrons. The van der Waals surface area contributed by atoms with Crippen molar-refractivity contribution in [3.05, 3.63) is 0 Å². The molecule has 0 bridgehead atoms. The van der Waals surface area contributed by atoms with E-state index in [-0.39, 0.29) is 18.4 Å². The fraction of sp³-hybridized carbons (Fsp3) is 0.846. The van der Waals surface area contributed by atoms with Gasteiger partial charge in [0.1, 0.15) is 0 Å². The summed E-state index contributed by atoms with van der Waals surface area (Å²) in [4.78, 5) is 24.5. The SMILES string of the molecule is COC(=O)NC1CC(CC(=O)O)CN(C2CCC2)C1. The van der Waals surface area contributed by atoms with E-state index in [1.165, 1.54) is 26.4 Å². The first-order valence-electron chi connectivity index (χ1n) is 6.88. The topological polar surface area (TPSA) is 78.9 Å². The molecule has 6 heteroatoms. The van der Waals surface area contributed by atoms with Crippen molar-refractivity contribution in [1.82, 2.24) is 10.2 Å². The largest absolute Gasteiger partial charge is 0.481 e. The molecule has 2 atom stereocenters. The van der Waals surface area contributed by atoms with Gasteiger partial charge in [-0.1, -0.05) is 6.42 Å². The number of nitrogens with one attached hydrogen (secondary N) is 1. The van der Waals surface area contributed by atoms with Gasteiger partial charge in [-0.2, -0.15) is 0 Å². The van der Waals surface area contributed by atoms with E-state index >= 15 is 0 Å². The van der Waals surface area contributed by atoms with E-state index in [9.17, 15) is 9.59 Å². The third-order valence-corrected chi connectivity index (χ3v) is 4.13. The molecule has 0 aromatic rings. The second-order valence-electron chi connectivity index (χ2n) is 5.57. The van der Waals surface area contributed by atoms with E-state index in [1.54, 1.807) is 0 Å². The molecule has 0 spiro atoms. The van der Waals surface area contributed by atoms with Crippen molar-refractivity contribution in [3.8, 4) is 0 Å². The summed E-state index contributed by atoms with van der Waals surface area (Å²) in [5, 5.41) is 11.8. The molecule has 0 aromatic heterocycles. The van der Waals surface area contributed by atoms with E-state index < -0.39 is 12.1 Å². The highest BCUT2D eigenvalue weighted by Gasteiger charge is 2.35. The van der Waals surface area contributed by atoms with Gasteiger partial charge < -0.3 is 15.2 Å². The molecule has 1 aliphatic heterocycles. The molecule has 1 amide bonds. The lowest BCUT2D eigenvalue weighted by molar-refractivity contribution is -0.138. The van der Waals surface area contributed by atoms with Crippen LogP contribution in [-0.2, 0) is 9.53 Å². The Morgan fingerprint density at radius 2 is 2.11 bits per heavy atom. The van der Waals surface area contributed by atoms with Gasteiger partial charge in [-0.25, -0.2) is 4.79 Å². The fourth-order valence-electron chi connectivity index (χ4n) is 3.02. The van der Waals surface area contributed by atoms with Crippen molar-refractivity contribution >= 4 is 12.1 Å². The van der Waals surface area contributed by atoms with Crippen LogP contribution in [-0.4, -0.2) is 54.4 Å². The number of carboxylic acid groups (broad SMARTS) is 1. The summed E-state index contributed by atoms with van der Waals surface area (Å²) >= 11 is 0. The minimum Gasteiger partial charge on any atom is -0.481 e. The third kappa shape index (κ3) is 3.83. The van der Waals surface area contributed by atoms with Crippen molar-refractivity contribution in [1.29, 1.82) is 0 Å². The van der Waals surface area contributed by atoms with E-state index in [0.717, 1.165) is 13.1 Å². The van der Waals surface area contributed by atoms with Crippen LogP contribution in [0.4, 0.5) is 4.79 Å². The number of carbonyl (C=O) groups is 2. The lowest BCUT2D eigenvalue weighted by Gasteiger charge is -2.45. The molecule has 6 nitrogen and oxygen atoms in total. The van der Waals surface area contributed by atoms with Gasteiger partial charge in [0.15, 0.2) is 0 Å². The Morgan fingerprint density at radius 3 is 2.63 bits per heavy atom. The minimum absolute atomic E-state index is 0.00819. The van der Waals surface area contributed by atoms with Crippen LogP contribution in [0.25, 0.3) is 0 Å². The first kappa shape index (κ1) is 14.1. The zero-order valence-corrected chi connectivity index (χ0v) is 11.3. The second-order valence-corrected chi connectivity index (χ2v) is 5.57. The maximum Gasteiger partial charge on any atom is 0.407 e. The number of ether oxygens (including phenoxy) is 1. The number of hydrogen-bond acceptors (Lipinski definition) is 4. The highest BCUT2D eigenvalue weighted by molar-refractivity contribution is 5.68. The summed E-state index contributed by atoms with van der Waals surface area (Å²) in [5.74, 6) is -0.661. The Balaban J connectivity index is 1.94. The van der Waals surface area contributed by atoms with Gasteiger partial charge in [0.05, 0.1) is 7.11 Å². The predicted molar refractivity (Wildman–Crippen MR) is 68.9 cm³/mol. The van der Waals surface area contributed by atoms with E-state index in [2.05, 4.69) is 15.0 Å². The predicted octanol–water partition coefficient (Wildman–Crippen LogP) is 1.06. The van der Waals surface area contributed by atoms with Crippen LogP contribution in [0.5, 0.6) is 0 Å². The molecule has 2 unspecified atom stereocenters. The van der Waals surface area contributed by atoms with Crippen LogP contribution >= 0.6 is 0 Å². The molecule has 19 heavy (non-hydrogen) atoms. The number of hydrogen-bond donors (Lipinski definition) is 2. The molecule has 1 heterocycles. The lowest BCUT2D eigenvalue weighted by Crippen LogP contribution is -2.55. The maximum atomic E-state index is 11.3. The molecule has 2 aliphatic rings. The zero-order chi connectivity index (χ0) is 13.8. The molecule has 1 aliphatic carbocycles. The lowest BCUT2D eigenvalue weighted by atomic mass is 9.85. The summed E-state index contributed by atoms with van der Waals surface area (Å²) < 4.78 is 4.62. The number of likely N-dealkylation sites (tertiary alicyclic amines) is 1. The fourth-order valence-corrected chi connectivity index (χ4v) is 3.02. The quantitative estimate of drug-likeness (QED) is 0.798. The molecule has 2 rings (SSSR count). The molecule has 1 saturated heterocycles. The van der Waals surface area contributed by atoms with E-state index in [0.29, 0.717) is 12.5 Å². The van der Waals surface area contributed by atoms with E-state index in [4.69, 9.17) is 5.11 Å². The smallest absolute Gasteiger partial charge is 0.407 e. The Bertz CT molecular complexity index is 344. The van der Waals surface area contributed by atoms with Crippen molar-refractivity contribution in [2.45, 2.75) is 44.2 Å². The summed E-state index contributed by atoms with van der Waals surface area (Å²) in [5.41, 5.74) is 0. The number of aliphatic carboxylic acids is 1. The summed E-state index contributed by atoms with van der Waals surface area (Å²) in [6.45, 7) is 1.63. The normalized spacial score (nSPS) is 28.5. The standard InChI is InChI=1S/C13H22N2O4/c1-19-13(18)14-10-5-9(6-12(16)17)7-15(8-10)11-3-2-4-11/h9-11H,2-8H2,1H3,(H,14,18)(H,16,17). The summed E-state index contributed by atoms with van der Waals surface area (Å²) in [6, 6.07) is 0.560. The highest BCUT2D eigenvalue weighted by Crippen LogP contribution is 2.30. The highest BCUT2D eigenvalue weighted by atomic mass is 16.5. The van der Waals surface area contributed by atoms with Gasteiger partial charge in [-0.15, -0.1) is 0 Å². The molecule has 1 saturated carbocycles. The first-order chi connectivity index (χ1) is 9.08. The number of rotatable bonds is 4. The molecular weight excluding hydrogens is 248 g/mol. The molecule has 0 aromatic carbocycles.